The van der Waals surface area contributed by atoms with Crippen molar-refractivity contribution in [1.82, 2.24) is 5.43 Å². The monoisotopic (exact) mass is 328 g/mol. The first-order chi connectivity index (χ1) is 11.6. The topological polar surface area (TPSA) is 97.2 Å². The smallest absolute Gasteiger partial charge is 0.336 e. The van der Waals surface area contributed by atoms with Gasteiger partial charge in [0.25, 0.3) is 5.91 Å². The third-order valence-corrected chi connectivity index (χ3v) is 3.01. The van der Waals surface area contributed by atoms with Crippen molar-refractivity contribution in [2.45, 2.75) is 0 Å². The fourth-order valence-corrected chi connectivity index (χ4v) is 1.83. The maximum absolute atomic E-state index is 11.7. The number of carboxylic acid groups (broad SMARTS) is 1. The highest BCUT2D eigenvalue weighted by Crippen LogP contribution is 2.16. The van der Waals surface area contributed by atoms with E-state index < -0.39 is 11.9 Å². The van der Waals surface area contributed by atoms with Crippen LogP contribution in [-0.4, -0.2) is 36.9 Å². The molecule has 2 aromatic carbocycles. The molecule has 0 bridgehead atoms. The lowest BCUT2D eigenvalue weighted by molar-refractivity contribution is -0.123. The van der Waals surface area contributed by atoms with E-state index in [4.69, 9.17) is 14.6 Å². The van der Waals surface area contributed by atoms with Crippen LogP contribution in [0.4, 0.5) is 0 Å². The molecule has 0 atom stereocenters. The maximum atomic E-state index is 11.7. The van der Waals surface area contributed by atoms with Gasteiger partial charge in [-0.2, -0.15) is 5.10 Å². The largest absolute Gasteiger partial charge is 0.497 e. The Kier molecular flexibility index (Phi) is 5.90. The van der Waals surface area contributed by atoms with Crippen molar-refractivity contribution in [2.24, 2.45) is 5.10 Å². The summed E-state index contributed by atoms with van der Waals surface area (Å²) in [5, 5.41) is 12.8. The van der Waals surface area contributed by atoms with E-state index in [9.17, 15) is 9.59 Å². The number of benzene rings is 2. The second-order valence-electron chi connectivity index (χ2n) is 4.65. The van der Waals surface area contributed by atoms with Crippen LogP contribution in [-0.2, 0) is 4.79 Å². The number of nitrogens with zero attached hydrogens (tertiary/aromatic N) is 1. The molecule has 0 radical (unpaired) electrons. The summed E-state index contributed by atoms with van der Waals surface area (Å²) in [4.78, 5) is 22.7. The number of hydrogen-bond donors (Lipinski definition) is 2. The van der Waals surface area contributed by atoms with Crippen LogP contribution in [0.1, 0.15) is 15.9 Å². The minimum absolute atomic E-state index is 0.102. The number of aromatic carboxylic acids is 1. The molecule has 0 spiro atoms. The predicted octanol–water partition coefficient (Wildman–Crippen LogP) is 1.92. The molecule has 24 heavy (non-hydrogen) atoms. The van der Waals surface area contributed by atoms with E-state index in [1.54, 1.807) is 49.6 Å². The minimum atomic E-state index is -1.06. The first kappa shape index (κ1) is 17.0. The van der Waals surface area contributed by atoms with Gasteiger partial charge < -0.3 is 14.6 Å². The lowest BCUT2D eigenvalue weighted by Gasteiger charge is -2.06. The molecule has 0 fully saturated rings. The molecule has 2 aromatic rings. The molecule has 2 N–H and O–H groups in total. The molecular weight excluding hydrogens is 312 g/mol. The fourth-order valence-electron chi connectivity index (χ4n) is 1.83. The second kappa shape index (κ2) is 8.33. The SMILES string of the molecule is COc1ccc(OCC(=O)N/N=C/c2ccccc2C(=O)O)cc1. The highest BCUT2D eigenvalue weighted by Gasteiger charge is 2.07. The van der Waals surface area contributed by atoms with Crippen molar-refractivity contribution in [2.75, 3.05) is 13.7 Å². The standard InChI is InChI=1S/C17H16N2O5/c1-23-13-6-8-14(9-7-13)24-11-16(20)19-18-10-12-4-2-3-5-15(12)17(21)22/h2-10H,11H2,1H3,(H,19,20)(H,21,22)/b18-10+. The van der Waals surface area contributed by atoms with Crippen molar-refractivity contribution in [1.29, 1.82) is 0 Å². The normalized spacial score (nSPS) is 10.4. The van der Waals surface area contributed by atoms with Gasteiger partial charge >= 0.3 is 5.97 Å². The highest BCUT2D eigenvalue weighted by molar-refractivity contribution is 5.98. The van der Waals surface area contributed by atoms with Crippen molar-refractivity contribution in [3.63, 3.8) is 0 Å². The zero-order valence-corrected chi connectivity index (χ0v) is 12.9. The van der Waals surface area contributed by atoms with Gasteiger partial charge in [0.1, 0.15) is 11.5 Å². The van der Waals surface area contributed by atoms with Crippen LogP contribution in [0.3, 0.4) is 0 Å². The molecule has 0 heterocycles. The molecular formula is C17H16N2O5. The van der Waals surface area contributed by atoms with Crippen LogP contribution in [0.5, 0.6) is 11.5 Å². The zero-order valence-electron chi connectivity index (χ0n) is 12.9. The molecule has 7 nitrogen and oxygen atoms in total. The molecule has 2 rings (SSSR count). The van der Waals surface area contributed by atoms with Crippen molar-refractivity contribution >= 4 is 18.1 Å². The molecule has 0 saturated heterocycles. The molecule has 0 aliphatic rings. The van der Waals surface area contributed by atoms with Gasteiger partial charge in [-0.1, -0.05) is 18.2 Å². The quantitative estimate of drug-likeness (QED) is 0.598. The van der Waals surface area contributed by atoms with Gasteiger partial charge in [-0.3, -0.25) is 4.79 Å². The Morgan fingerprint density at radius 1 is 1.12 bits per heavy atom. The second-order valence-corrected chi connectivity index (χ2v) is 4.65. The number of ether oxygens (including phenoxy) is 2. The van der Waals surface area contributed by atoms with E-state index in [0.29, 0.717) is 17.1 Å². The summed E-state index contributed by atoms with van der Waals surface area (Å²) in [7, 11) is 1.56. The number of methoxy groups -OCH3 is 1. The average Bonchev–Trinajstić information content (AvgIpc) is 2.60. The Morgan fingerprint density at radius 3 is 2.46 bits per heavy atom. The van der Waals surface area contributed by atoms with Crippen molar-refractivity contribution in [3.8, 4) is 11.5 Å². The fraction of sp³-hybridized carbons (Fsp3) is 0.118. The molecule has 1 amide bonds. The van der Waals surface area contributed by atoms with E-state index in [0.717, 1.165) is 0 Å². The van der Waals surface area contributed by atoms with E-state index in [1.165, 1.54) is 12.3 Å². The predicted molar refractivity (Wildman–Crippen MR) is 87.6 cm³/mol. The first-order valence-corrected chi connectivity index (χ1v) is 7.01. The van der Waals surface area contributed by atoms with Crippen LogP contribution < -0.4 is 14.9 Å². The Balaban J connectivity index is 1.85. The third kappa shape index (κ3) is 4.84. The van der Waals surface area contributed by atoms with Crippen LogP contribution in [0.25, 0.3) is 0 Å². The average molecular weight is 328 g/mol. The Labute approximate surface area is 138 Å². The lowest BCUT2D eigenvalue weighted by Crippen LogP contribution is -2.24. The summed E-state index contributed by atoms with van der Waals surface area (Å²) in [6, 6.07) is 13.1. The Morgan fingerprint density at radius 2 is 1.79 bits per heavy atom. The molecule has 124 valence electrons. The molecule has 0 aliphatic heterocycles. The van der Waals surface area contributed by atoms with E-state index in [1.807, 2.05) is 0 Å². The number of carbonyl (C=O) groups excluding carboxylic acids is 1. The number of nitrogens with one attached hydrogen (secondary N) is 1. The lowest BCUT2D eigenvalue weighted by atomic mass is 10.1. The van der Waals surface area contributed by atoms with Crippen LogP contribution in [0, 0.1) is 0 Å². The number of carboxylic acids is 1. The third-order valence-electron chi connectivity index (χ3n) is 3.01. The van der Waals surface area contributed by atoms with Gasteiger partial charge in [0.2, 0.25) is 0 Å². The molecule has 0 aliphatic carbocycles. The number of amides is 1. The molecule has 7 heteroatoms. The summed E-state index contributed by atoms with van der Waals surface area (Å²) >= 11 is 0. The summed E-state index contributed by atoms with van der Waals surface area (Å²) in [5.74, 6) is -0.319. The highest BCUT2D eigenvalue weighted by atomic mass is 16.5. The van der Waals surface area contributed by atoms with E-state index in [2.05, 4.69) is 10.5 Å². The number of rotatable bonds is 7. The van der Waals surface area contributed by atoms with Crippen molar-refractivity contribution in [3.05, 3.63) is 59.7 Å². The molecule has 0 aromatic heterocycles. The molecule has 0 saturated carbocycles. The Bertz CT molecular complexity index is 741. The number of hydrogen-bond acceptors (Lipinski definition) is 5. The zero-order chi connectivity index (χ0) is 17.4. The summed E-state index contributed by atoms with van der Waals surface area (Å²) in [5.41, 5.74) is 2.77. The van der Waals surface area contributed by atoms with Crippen LogP contribution >= 0.6 is 0 Å². The van der Waals surface area contributed by atoms with Gasteiger partial charge in [0.05, 0.1) is 18.9 Å². The van der Waals surface area contributed by atoms with E-state index in [-0.39, 0.29) is 12.2 Å². The van der Waals surface area contributed by atoms with Crippen molar-refractivity contribution < 1.29 is 24.2 Å². The van der Waals surface area contributed by atoms with Gasteiger partial charge in [0, 0.05) is 5.56 Å². The van der Waals surface area contributed by atoms with Crippen LogP contribution in [0.2, 0.25) is 0 Å². The molecule has 0 unspecified atom stereocenters. The maximum Gasteiger partial charge on any atom is 0.336 e. The summed E-state index contributed by atoms with van der Waals surface area (Å²) < 4.78 is 10.3. The summed E-state index contributed by atoms with van der Waals surface area (Å²) in [6.07, 6.45) is 1.27. The van der Waals surface area contributed by atoms with Gasteiger partial charge in [-0.15, -0.1) is 0 Å². The van der Waals surface area contributed by atoms with Crippen LogP contribution in [0.15, 0.2) is 53.6 Å². The summed E-state index contributed by atoms with van der Waals surface area (Å²) in [6.45, 7) is -0.218. The first-order valence-electron chi connectivity index (χ1n) is 7.01. The number of hydrazone groups is 1. The van der Waals surface area contributed by atoms with Gasteiger partial charge in [-0.05, 0) is 30.3 Å². The van der Waals surface area contributed by atoms with E-state index >= 15 is 0 Å². The number of carbonyl (C=O) groups is 2. The van der Waals surface area contributed by atoms with Gasteiger partial charge in [-0.25, -0.2) is 10.2 Å². The Hall–Kier alpha value is -3.35. The van der Waals surface area contributed by atoms with Gasteiger partial charge in [0.15, 0.2) is 6.61 Å². The minimum Gasteiger partial charge on any atom is -0.497 e.